The van der Waals surface area contributed by atoms with Gasteiger partial charge in [0.05, 0.1) is 41.0 Å². The lowest BCUT2D eigenvalue weighted by molar-refractivity contribution is 0.341. The summed E-state index contributed by atoms with van der Waals surface area (Å²) in [6.45, 7) is 1.94. The zero-order valence-corrected chi connectivity index (χ0v) is 21.3. The highest BCUT2D eigenvalue weighted by Crippen LogP contribution is 2.33. The highest BCUT2D eigenvalue weighted by molar-refractivity contribution is 7.09. The Kier molecular flexibility index (Phi) is 6.24. The number of piperidine rings is 1. The molecule has 194 valence electrons. The summed E-state index contributed by atoms with van der Waals surface area (Å²) in [4.78, 5) is 19.9. The number of nitrogens with zero attached hydrogens (tertiary/aromatic N) is 6. The second-order valence-corrected chi connectivity index (χ2v) is 10.7. The Labute approximate surface area is 222 Å². The van der Waals surface area contributed by atoms with E-state index in [1.165, 1.54) is 12.1 Å². The number of benzene rings is 1. The van der Waals surface area contributed by atoms with Crippen LogP contribution in [0.2, 0.25) is 0 Å². The number of thiazole rings is 1. The van der Waals surface area contributed by atoms with Crippen molar-refractivity contribution in [2.45, 2.75) is 31.3 Å². The number of nitrogens with two attached hydrogens (primary N) is 2. The summed E-state index contributed by atoms with van der Waals surface area (Å²) in [5, 5.41) is 2.99. The fourth-order valence-corrected chi connectivity index (χ4v) is 5.96. The van der Waals surface area contributed by atoms with E-state index in [0.29, 0.717) is 42.1 Å². The molecule has 5 heterocycles. The molecule has 1 aromatic carbocycles. The Hall–Kier alpha value is -3.96. The fraction of sp³-hybridized carbons (Fsp3) is 0.259. The second kappa shape index (κ2) is 9.73. The number of hydrogen-bond donors (Lipinski definition) is 2. The number of aromatic nitrogens is 5. The monoisotopic (exact) mass is 532 g/mol. The molecule has 4 N–H and O–H groups in total. The van der Waals surface area contributed by atoms with Gasteiger partial charge in [-0.15, -0.1) is 11.3 Å². The molecule has 0 spiro atoms. The normalized spacial score (nSPS) is 17.8. The lowest BCUT2D eigenvalue weighted by Crippen LogP contribution is -2.56. The molecule has 0 bridgehead atoms. The van der Waals surface area contributed by atoms with Crippen LogP contribution in [-0.2, 0) is 13.0 Å². The van der Waals surface area contributed by atoms with E-state index in [1.54, 1.807) is 36.3 Å². The molecule has 1 saturated heterocycles. The van der Waals surface area contributed by atoms with E-state index in [1.807, 2.05) is 22.1 Å². The van der Waals surface area contributed by atoms with Crippen LogP contribution in [0.25, 0.3) is 22.3 Å². The van der Waals surface area contributed by atoms with Crippen LogP contribution in [0.4, 0.5) is 20.3 Å². The first-order valence-corrected chi connectivity index (χ1v) is 13.2. The third-order valence-electron chi connectivity index (χ3n) is 7.02. The number of imidazole rings is 1. The van der Waals surface area contributed by atoms with E-state index in [0.717, 1.165) is 47.2 Å². The molecule has 1 aliphatic rings. The van der Waals surface area contributed by atoms with E-state index in [-0.39, 0.29) is 0 Å². The SMILES string of the molecule is Nc1nccc2c1ncn2Cc1cc(-c2ccc(F)c(F)c2)ncc1N1CCC[C@](N)(Cc2nccs2)C1. The van der Waals surface area contributed by atoms with Crippen molar-refractivity contribution in [1.29, 1.82) is 0 Å². The molecule has 5 aromatic rings. The van der Waals surface area contributed by atoms with Crippen LogP contribution in [0.1, 0.15) is 23.4 Å². The molecule has 1 fully saturated rings. The van der Waals surface area contributed by atoms with Crippen LogP contribution < -0.4 is 16.4 Å². The Morgan fingerprint density at radius 2 is 1.92 bits per heavy atom. The lowest BCUT2D eigenvalue weighted by Gasteiger charge is -2.41. The van der Waals surface area contributed by atoms with Gasteiger partial charge in [0.15, 0.2) is 17.5 Å². The van der Waals surface area contributed by atoms with E-state index < -0.39 is 17.2 Å². The average molecular weight is 533 g/mol. The van der Waals surface area contributed by atoms with Crippen LogP contribution in [-0.4, -0.2) is 43.1 Å². The highest BCUT2D eigenvalue weighted by atomic mass is 32.1. The third-order valence-corrected chi connectivity index (χ3v) is 7.80. The van der Waals surface area contributed by atoms with Crippen LogP contribution in [0.15, 0.2) is 60.6 Å². The highest BCUT2D eigenvalue weighted by Gasteiger charge is 2.33. The van der Waals surface area contributed by atoms with Crippen LogP contribution >= 0.6 is 11.3 Å². The summed E-state index contributed by atoms with van der Waals surface area (Å²) in [5.74, 6) is -1.44. The third kappa shape index (κ3) is 4.70. The fourth-order valence-electron chi connectivity index (χ4n) is 5.19. The molecule has 4 aromatic heterocycles. The smallest absolute Gasteiger partial charge is 0.159 e. The quantitative estimate of drug-likeness (QED) is 0.333. The maximum absolute atomic E-state index is 14.0. The minimum atomic E-state index is -0.912. The number of hydrogen-bond acceptors (Lipinski definition) is 8. The topological polar surface area (TPSA) is 112 Å². The largest absolute Gasteiger partial charge is 0.382 e. The number of fused-ring (bicyclic) bond motifs is 1. The molecule has 0 aliphatic carbocycles. The molecule has 8 nitrogen and oxygen atoms in total. The Balaban J connectivity index is 1.39. The Morgan fingerprint density at radius 3 is 2.74 bits per heavy atom. The van der Waals surface area contributed by atoms with E-state index >= 15 is 0 Å². The summed E-state index contributed by atoms with van der Waals surface area (Å²) in [6, 6.07) is 7.61. The molecule has 0 saturated carbocycles. The van der Waals surface area contributed by atoms with Gasteiger partial charge in [0.25, 0.3) is 0 Å². The predicted molar refractivity (Wildman–Crippen MR) is 145 cm³/mol. The van der Waals surface area contributed by atoms with Gasteiger partial charge in [-0.3, -0.25) is 4.98 Å². The van der Waals surface area contributed by atoms with Crippen molar-refractivity contribution in [2.24, 2.45) is 5.73 Å². The zero-order valence-electron chi connectivity index (χ0n) is 20.5. The molecule has 0 radical (unpaired) electrons. The number of anilines is 2. The van der Waals surface area contributed by atoms with Gasteiger partial charge in [0.1, 0.15) is 5.52 Å². The van der Waals surface area contributed by atoms with Crippen molar-refractivity contribution in [1.82, 2.24) is 24.5 Å². The average Bonchev–Trinajstić information content (AvgIpc) is 3.56. The van der Waals surface area contributed by atoms with Crippen molar-refractivity contribution >= 4 is 33.9 Å². The van der Waals surface area contributed by atoms with Crippen molar-refractivity contribution in [3.05, 3.63) is 82.8 Å². The van der Waals surface area contributed by atoms with Gasteiger partial charge in [-0.2, -0.15) is 0 Å². The van der Waals surface area contributed by atoms with E-state index in [9.17, 15) is 8.78 Å². The molecule has 6 rings (SSSR count). The van der Waals surface area contributed by atoms with E-state index in [2.05, 4.69) is 24.8 Å². The number of rotatable bonds is 6. The molecule has 1 aliphatic heterocycles. The second-order valence-electron chi connectivity index (χ2n) is 9.75. The summed E-state index contributed by atoms with van der Waals surface area (Å²) in [7, 11) is 0. The molecule has 38 heavy (non-hydrogen) atoms. The van der Waals surface area contributed by atoms with Gasteiger partial charge < -0.3 is 20.9 Å². The zero-order chi connectivity index (χ0) is 26.3. The Bertz CT molecular complexity index is 1600. The van der Waals surface area contributed by atoms with Gasteiger partial charge in [-0.25, -0.2) is 23.7 Å². The van der Waals surface area contributed by atoms with E-state index in [4.69, 9.17) is 11.5 Å². The van der Waals surface area contributed by atoms with Crippen molar-refractivity contribution in [2.75, 3.05) is 23.7 Å². The minimum absolute atomic E-state index is 0.366. The van der Waals surface area contributed by atoms with Gasteiger partial charge >= 0.3 is 0 Å². The van der Waals surface area contributed by atoms with Crippen LogP contribution in [0.3, 0.4) is 0 Å². The lowest BCUT2D eigenvalue weighted by atomic mass is 9.86. The van der Waals surface area contributed by atoms with Gasteiger partial charge in [0.2, 0.25) is 0 Å². The van der Waals surface area contributed by atoms with Gasteiger partial charge in [-0.1, -0.05) is 0 Å². The molecular weight excluding hydrogens is 506 g/mol. The molecule has 1 atom stereocenters. The molecule has 0 amide bonds. The summed E-state index contributed by atoms with van der Waals surface area (Å²) in [6.07, 6.45) is 9.53. The van der Waals surface area contributed by atoms with Crippen LogP contribution in [0, 0.1) is 11.6 Å². The summed E-state index contributed by atoms with van der Waals surface area (Å²) >= 11 is 1.62. The maximum Gasteiger partial charge on any atom is 0.159 e. The number of halogens is 2. The summed E-state index contributed by atoms with van der Waals surface area (Å²) in [5.41, 5.74) is 16.9. The Morgan fingerprint density at radius 1 is 1.03 bits per heavy atom. The van der Waals surface area contributed by atoms with Crippen molar-refractivity contribution in [3.63, 3.8) is 0 Å². The number of nitrogen functional groups attached to an aromatic ring is 1. The minimum Gasteiger partial charge on any atom is -0.382 e. The predicted octanol–water partition coefficient (Wildman–Crippen LogP) is 4.40. The molecule has 0 unspecified atom stereocenters. The first-order chi connectivity index (χ1) is 18.4. The number of pyridine rings is 2. The first-order valence-electron chi connectivity index (χ1n) is 12.3. The van der Waals surface area contributed by atoms with Gasteiger partial charge in [0, 0.05) is 48.4 Å². The van der Waals surface area contributed by atoms with Crippen molar-refractivity contribution in [3.8, 4) is 11.3 Å². The van der Waals surface area contributed by atoms with Gasteiger partial charge in [-0.05, 0) is 48.7 Å². The molecular formula is C27H26F2N8S. The standard InChI is InChI=1S/C27H26F2N8S/c28-19-3-2-17(10-20(19)29)21-11-18(14-37-16-35-25-22(37)4-6-33-26(25)30)23(13-34-21)36-8-1-5-27(31,15-36)12-24-32-7-9-38-24/h2-4,6-7,9-11,13,16H,1,5,8,12,14-15,31H2,(H2,30,33)/t27-/m0/s1. The van der Waals surface area contributed by atoms with Crippen LogP contribution in [0.5, 0.6) is 0 Å². The first kappa shape index (κ1) is 24.4. The molecule has 11 heteroatoms. The van der Waals surface area contributed by atoms with Crippen molar-refractivity contribution < 1.29 is 8.78 Å². The summed E-state index contributed by atoms with van der Waals surface area (Å²) < 4.78 is 29.6. The maximum atomic E-state index is 14.0.